The largest absolute Gasteiger partial charge is 0.478 e. The van der Waals surface area contributed by atoms with Crippen molar-refractivity contribution in [2.45, 2.75) is 6.54 Å². The van der Waals surface area contributed by atoms with Gasteiger partial charge in [-0.1, -0.05) is 18.2 Å². The molecule has 0 radical (unpaired) electrons. The Balaban J connectivity index is 2.09. The molecule has 0 spiro atoms. The summed E-state index contributed by atoms with van der Waals surface area (Å²) in [6.07, 6.45) is 0. The van der Waals surface area contributed by atoms with Crippen LogP contribution < -0.4 is 5.32 Å². The summed E-state index contributed by atoms with van der Waals surface area (Å²) in [4.78, 5) is 22.8. The van der Waals surface area contributed by atoms with Crippen LogP contribution in [0.4, 0.5) is 4.39 Å². The van der Waals surface area contributed by atoms with Gasteiger partial charge in [0.1, 0.15) is 5.82 Å². The number of carboxylic acids is 1. The standard InChI is InChI=1S/C15H11BrFNO3/c16-12-6-2-5-11(13(12)17)14(19)18-8-9-3-1-4-10(7-9)15(20)21/h1-7H,8H2,(H,18,19)(H,20,21). The second-order valence-corrected chi connectivity index (χ2v) is 5.14. The number of hydrogen-bond donors (Lipinski definition) is 2. The molecule has 21 heavy (non-hydrogen) atoms. The van der Waals surface area contributed by atoms with E-state index < -0.39 is 17.7 Å². The number of halogens is 2. The molecule has 0 aliphatic carbocycles. The van der Waals surface area contributed by atoms with Crippen LogP contribution >= 0.6 is 15.9 Å². The first-order chi connectivity index (χ1) is 9.99. The number of nitrogens with one attached hydrogen (secondary N) is 1. The van der Waals surface area contributed by atoms with Crippen LogP contribution in [0.25, 0.3) is 0 Å². The number of benzene rings is 2. The lowest BCUT2D eigenvalue weighted by Gasteiger charge is -2.07. The first kappa shape index (κ1) is 15.2. The number of aromatic carboxylic acids is 1. The Bertz CT molecular complexity index is 703. The Morgan fingerprint density at radius 3 is 2.62 bits per heavy atom. The van der Waals surface area contributed by atoms with Crippen LogP contribution in [0.3, 0.4) is 0 Å². The monoisotopic (exact) mass is 351 g/mol. The van der Waals surface area contributed by atoms with E-state index in [-0.39, 0.29) is 22.1 Å². The molecule has 6 heteroatoms. The lowest BCUT2D eigenvalue weighted by atomic mass is 10.1. The van der Waals surface area contributed by atoms with Gasteiger partial charge in [-0.25, -0.2) is 9.18 Å². The Morgan fingerprint density at radius 1 is 1.19 bits per heavy atom. The molecule has 0 aliphatic heterocycles. The van der Waals surface area contributed by atoms with E-state index >= 15 is 0 Å². The highest BCUT2D eigenvalue weighted by Crippen LogP contribution is 2.18. The Kier molecular flexibility index (Phi) is 4.70. The fourth-order valence-electron chi connectivity index (χ4n) is 1.77. The van der Waals surface area contributed by atoms with Crippen molar-refractivity contribution in [1.82, 2.24) is 5.32 Å². The van der Waals surface area contributed by atoms with Gasteiger partial charge in [0, 0.05) is 6.54 Å². The molecule has 0 fully saturated rings. The van der Waals surface area contributed by atoms with Gasteiger partial charge < -0.3 is 10.4 Å². The predicted molar refractivity (Wildman–Crippen MR) is 78.7 cm³/mol. The minimum atomic E-state index is -1.04. The third-order valence-corrected chi connectivity index (χ3v) is 3.44. The maximum atomic E-state index is 13.8. The fourth-order valence-corrected chi connectivity index (χ4v) is 2.14. The van der Waals surface area contributed by atoms with E-state index in [1.165, 1.54) is 24.3 Å². The number of carboxylic acid groups (broad SMARTS) is 1. The van der Waals surface area contributed by atoms with Crippen molar-refractivity contribution in [1.29, 1.82) is 0 Å². The molecule has 0 saturated heterocycles. The van der Waals surface area contributed by atoms with Crippen LogP contribution in [0.1, 0.15) is 26.3 Å². The zero-order chi connectivity index (χ0) is 15.4. The third kappa shape index (κ3) is 3.66. The van der Waals surface area contributed by atoms with Crippen LogP contribution in [-0.4, -0.2) is 17.0 Å². The van der Waals surface area contributed by atoms with Gasteiger partial charge in [0.15, 0.2) is 0 Å². The molecular formula is C15H11BrFNO3. The van der Waals surface area contributed by atoms with Gasteiger partial charge in [-0.15, -0.1) is 0 Å². The molecule has 0 aromatic heterocycles. The molecular weight excluding hydrogens is 341 g/mol. The van der Waals surface area contributed by atoms with E-state index in [1.54, 1.807) is 18.2 Å². The second-order valence-electron chi connectivity index (χ2n) is 4.29. The van der Waals surface area contributed by atoms with E-state index in [4.69, 9.17) is 5.11 Å². The van der Waals surface area contributed by atoms with E-state index in [1.807, 2.05) is 0 Å². The second kappa shape index (κ2) is 6.49. The lowest BCUT2D eigenvalue weighted by Crippen LogP contribution is -2.24. The Labute approximate surface area is 128 Å². The van der Waals surface area contributed by atoms with Crippen molar-refractivity contribution >= 4 is 27.8 Å². The number of carbonyl (C=O) groups excluding carboxylic acids is 1. The average molecular weight is 352 g/mol. The molecule has 0 heterocycles. The van der Waals surface area contributed by atoms with Crippen LogP contribution in [0.5, 0.6) is 0 Å². The van der Waals surface area contributed by atoms with Gasteiger partial charge in [0.05, 0.1) is 15.6 Å². The van der Waals surface area contributed by atoms with Gasteiger partial charge in [0.25, 0.3) is 5.91 Å². The molecule has 0 unspecified atom stereocenters. The van der Waals surface area contributed by atoms with E-state index in [0.29, 0.717) is 5.56 Å². The van der Waals surface area contributed by atoms with Crippen molar-refractivity contribution in [2.24, 2.45) is 0 Å². The highest BCUT2D eigenvalue weighted by atomic mass is 79.9. The van der Waals surface area contributed by atoms with Gasteiger partial charge >= 0.3 is 5.97 Å². The molecule has 0 bridgehead atoms. The smallest absolute Gasteiger partial charge is 0.335 e. The summed E-state index contributed by atoms with van der Waals surface area (Å²) < 4.78 is 14.0. The predicted octanol–water partition coefficient (Wildman–Crippen LogP) is 3.22. The molecule has 2 aromatic carbocycles. The maximum Gasteiger partial charge on any atom is 0.335 e. The van der Waals surface area contributed by atoms with Gasteiger partial charge in [-0.05, 0) is 45.8 Å². The third-order valence-electron chi connectivity index (χ3n) is 2.82. The van der Waals surface area contributed by atoms with Crippen molar-refractivity contribution < 1.29 is 19.1 Å². The minimum absolute atomic E-state index is 0.0706. The van der Waals surface area contributed by atoms with E-state index in [2.05, 4.69) is 21.2 Å². The van der Waals surface area contributed by atoms with Gasteiger partial charge in [0.2, 0.25) is 0 Å². The summed E-state index contributed by atoms with van der Waals surface area (Å²) in [6, 6.07) is 10.6. The van der Waals surface area contributed by atoms with Crippen LogP contribution in [0.2, 0.25) is 0 Å². The van der Waals surface area contributed by atoms with Crippen LogP contribution in [0.15, 0.2) is 46.9 Å². The van der Waals surface area contributed by atoms with Gasteiger partial charge in [-0.3, -0.25) is 4.79 Å². The molecule has 4 nitrogen and oxygen atoms in total. The average Bonchev–Trinajstić information content (AvgIpc) is 2.48. The topological polar surface area (TPSA) is 66.4 Å². The van der Waals surface area contributed by atoms with Crippen LogP contribution in [-0.2, 0) is 6.54 Å². The van der Waals surface area contributed by atoms with Gasteiger partial charge in [-0.2, -0.15) is 0 Å². The zero-order valence-electron chi connectivity index (χ0n) is 10.8. The van der Waals surface area contributed by atoms with Crippen molar-refractivity contribution in [3.05, 3.63) is 69.4 Å². The summed E-state index contributed by atoms with van der Waals surface area (Å²) in [6.45, 7) is 0.117. The van der Waals surface area contributed by atoms with E-state index in [0.717, 1.165) is 0 Å². The Hall–Kier alpha value is -2.21. The molecule has 1 amide bonds. The summed E-state index contributed by atoms with van der Waals surface area (Å²) in [7, 11) is 0. The molecule has 0 atom stereocenters. The number of carbonyl (C=O) groups is 2. The number of hydrogen-bond acceptors (Lipinski definition) is 2. The normalized spacial score (nSPS) is 10.2. The summed E-state index contributed by atoms with van der Waals surface area (Å²) >= 11 is 3.02. The van der Waals surface area contributed by atoms with Crippen molar-refractivity contribution in [3.8, 4) is 0 Å². The molecule has 2 rings (SSSR count). The zero-order valence-corrected chi connectivity index (χ0v) is 12.4. The van der Waals surface area contributed by atoms with Crippen molar-refractivity contribution in [3.63, 3.8) is 0 Å². The summed E-state index contributed by atoms with van der Waals surface area (Å²) in [5.74, 6) is -2.23. The lowest BCUT2D eigenvalue weighted by molar-refractivity contribution is 0.0696. The van der Waals surface area contributed by atoms with E-state index in [9.17, 15) is 14.0 Å². The first-order valence-electron chi connectivity index (χ1n) is 6.03. The maximum absolute atomic E-state index is 13.8. The molecule has 0 saturated carbocycles. The highest BCUT2D eigenvalue weighted by molar-refractivity contribution is 9.10. The fraction of sp³-hybridized carbons (Fsp3) is 0.0667. The first-order valence-corrected chi connectivity index (χ1v) is 6.83. The molecule has 2 N–H and O–H groups in total. The molecule has 108 valence electrons. The number of amides is 1. The van der Waals surface area contributed by atoms with Crippen molar-refractivity contribution in [2.75, 3.05) is 0 Å². The molecule has 2 aromatic rings. The summed E-state index contributed by atoms with van der Waals surface area (Å²) in [5.41, 5.74) is 0.688. The summed E-state index contributed by atoms with van der Waals surface area (Å²) in [5, 5.41) is 11.4. The highest BCUT2D eigenvalue weighted by Gasteiger charge is 2.13. The molecule has 0 aliphatic rings. The quantitative estimate of drug-likeness (QED) is 0.888. The number of rotatable bonds is 4. The minimum Gasteiger partial charge on any atom is -0.478 e. The van der Waals surface area contributed by atoms with Crippen LogP contribution in [0, 0.1) is 5.82 Å². The Morgan fingerprint density at radius 2 is 1.90 bits per heavy atom. The SMILES string of the molecule is O=C(O)c1cccc(CNC(=O)c2cccc(Br)c2F)c1.